The predicted molar refractivity (Wildman–Crippen MR) is 65.2 cm³/mol. The van der Waals surface area contributed by atoms with Crippen LogP contribution in [-0.2, 0) is 4.74 Å². The van der Waals surface area contributed by atoms with Gasteiger partial charge in [0.1, 0.15) is 12.0 Å². The van der Waals surface area contributed by atoms with E-state index in [0.717, 1.165) is 24.8 Å². The molecule has 1 fully saturated rings. The second-order valence-corrected chi connectivity index (χ2v) is 4.32. The number of aromatic nitrogens is 4. The number of anilines is 1. The highest BCUT2D eigenvalue weighted by Crippen LogP contribution is 2.22. The molecule has 0 saturated carbocycles. The fraction of sp³-hybridized carbons (Fsp3) is 0.545. The Bertz CT molecular complexity index is 535. The lowest BCUT2D eigenvalue weighted by molar-refractivity contribution is -0.0116. The summed E-state index contributed by atoms with van der Waals surface area (Å²) in [4.78, 5) is 8.12. The molecule has 2 aromatic heterocycles. The van der Waals surface area contributed by atoms with E-state index < -0.39 is 0 Å². The summed E-state index contributed by atoms with van der Waals surface area (Å²) in [6.45, 7) is 1.29. The third-order valence-electron chi connectivity index (χ3n) is 2.97. The molecule has 3 heterocycles. The Balaban J connectivity index is 1.75. The van der Waals surface area contributed by atoms with E-state index in [-0.39, 0.29) is 12.1 Å². The lowest BCUT2D eigenvalue weighted by Crippen LogP contribution is -2.26. The number of ether oxygens (including phenoxy) is 2. The van der Waals surface area contributed by atoms with Gasteiger partial charge in [-0.15, -0.1) is 0 Å². The Labute approximate surface area is 104 Å². The summed E-state index contributed by atoms with van der Waals surface area (Å²) in [6.07, 6.45) is 5.10. The van der Waals surface area contributed by atoms with Crippen molar-refractivity contribution in [3.05, 3.63) is 6.20 Å². The average Bonchev–Trinajstić information content (AvgIpc) is 2.85. The number of nitrogens with one attached hydrogen (secondary N) is 1. The highest BCUT2D eigenvalue weighted by atomic mass is 16.5. The van der Waals surface area contributed by atoms with E-state index in [0.29, 0.717) is 18.1 Å². The van der Waals surface area contributed by atoms with Gasteiger partial charge in [-0.2, -0.15) is 15.1 Å². The third kappa shape index (κ3) is 2.21. The van der Waals surface area contributed by atoms with Crippen molar-refractivity contribution in [1.29, 1.82) is 0 Å². The summed E-state index contributed by atoms with van der Waals surface area (Å²) < 4.78 is 11.3. The maximum atomic E-state index is 5.68. The van der Waals surface area contributed by atoms with Crippen LogP contribution < -0.4 is 10.5 Å². The van der Waals surface area contributed by atoms with Crippen LogP contribution in [0.15, 0.2) is 6.20 Å². The molecule has 0 radical (unpaired) electrons. The van der Waals surface area contributed by atoms with Crippen LogP contribution in [0.2, 0.25) is 0 Å². The average molecular weight is 249 g/mol. The molecule has 1 atom stereocenters. The van der Waals surface area contributed by atoms with E-state index in [9.17, 15) is 0 Å². The summed E-state index contributed by atoms with van der Waals surface area (Å²) in [5, 5.41) is 7.39. The van der Waals surface area contributed by atoms with Crippen LogP contribution in [0.3, 0.4) is 0 Å². The number of nitrogen functional groups attached to an aromatic ring is 1. The van der Waals surface area contributed by atoms with Crippen molar-refractivity contribution in [3.8, 4) is 5.88 Å². The molecule has 7 nitrogen and oxygen atoms in total. The van der Waals surface area contributed by atoms with Gasteiger partial charge >= 0.3 is 0 Å². The van der Waals surface area contributed by atoms with E-state index >= 15 is 0 Å². The molecule has 1 aliphatic rings. The maximum Gasteiger partial charge on any atom is 0.229 e. The van der Waals surface area contributed by atoms with Gasteiger partial charge in [0.2, 0.25) is 11.8 Å². The van der Waals surface area contributed by atoms with E-state index in [1.165, 1.54) is 6.42 Å². The third-order valence-corrected chi connectivity index (χ3v) is 2.97. The Morgan fingerprint density at radius 3 is 3.22 bits per heavy atom. The Morgan fingerprint density at radius 1 is 1.44 bits per heavy atom. The number of aromatic amines is 1. The van der Waals surface area contributed by atoms with Crippen LogP contribution >= 0.6 is 0 Å². The molecule has 18 heavy (non-hydrogen) atoms. The monoisotopic (exact) mass is 249 g/mol. The minimum absolute atomic E-state index is 0.136. The van der Waals surface area contributed by atoms with Gasteiger partial charge in [-0.25, -0.2) is 0 Å². The first-order chi connectivity index (χ1) is 8.83. The first-order valence-corrected chi connectivity index (χ1v) is 6.04. The zero-order valence-electron chi connectivity index (χ0n) is 9.93. The molecule has 0 aliphatic carbocycles. The number of nitrogens with two attached hydrogens (primary N) is 1. The van der Waals surface area contributed by atoms with E-state index in [4.69, 9.17) is 15.2 Å². The summed E-state index contributed by atoms with van der Waals surface area (Å²) in [5.41, 5.74) is 6.20. The number of hydrogen-bond acceptors (Lipinski definition) is 6. The van der Waals surface area contributed by atoms with Gasteiger partial charge in [-0.05, 0) is 19.3 Å². The van der Waals surface area contributed by atoms with Crippen LogP contribution in [0.4, 0.5) is 5.95 Å². The van der Waals surface area contributed by atoms with Gasteiger partial charge < -0.3 is 15.2 Å². The lowest BCUT2D eigenvalue weighted by atomic mass is 10.1. The number of rotatable bonds is 3. The highest BCUT2D eigenvalue weighted by molar-refractivity contribution is 5.80. The molecule has 0 aromatic carbocycles. The molecular formula is C11H15N5O2. The molecule has 0 bridgehead atoms. The second kappa shape index (κ2) is 4.77. The molecule has 3 N–H and O–H groups in total. The molecule has 7 heteroatoms. The molecule has 96 valence electrons. The summed E-state index contributed by atoms with van der Waals surface area (Å²) in [6, 6.07) is 0. The molecular weight excluding hydrogens is 234 g/mol. The summed E-state index contributed by atoms with van der Waals surface area (Å²) in [5.74, 6) is 0.631. The van der Waals surface area contributed by atoms with E-state index in [1.807, 2.05) is 0 Å². The van der Waals surface area contributed by atoms with Gasteiger partial charge in [0.15, 0.2) is 5.65 Å². The normalized spacial score (nSPS) is 20.1. The molecule has 3 rings (SSSR count). The standard InChI is InChI=1S/C11H15N5O2/c12-11-14-9-8(5-13-16-9)10(15-11)18-6-7-3-1-2-4-17-7/h5,7H,1-4,6H2,(H3,12,13,14,15,16). The molecule has 1 saturated heterocycles. The molecule has 1 aliphatic heterocycles. The quantitative estimate of drug-likeness (QED) is 0.837. The Hall–Kier alpha value is -1.89. The van der Waals surface area contributed by atoms with Gasteiger partial charge in [-0.1, -0.05) is 0 Å². The molecule has 1 unspecified atom stereocenters. The van der Waals surface area contributed by atoms with Gasteiger partial charge in [0.25, 0.3) is 0 Å². The van der Waals surface area contributed by atoms with Crippen LogP contribution in [0, 0.1) is 0 Å². The van der Waals surface area contributed by atoms with Gasteiger partial charge in [-0.3, -0.25) is 5.10 Å². The second-order valence-electron chi connectivity index (χ2n) is 4.32. The van der Waals surface area contributed by atoms with Crippen LogP contribution in [0.25, 0.3) is 11.0 Å². The van der Waals surface area contributed by atoms with E-state index in [2.05, 4.69) is 20.2 Å². The zero-order valence-corrected chi connectivity index (χ0v) is 9.93. The minimum atomic E-state index is 0.136. The highest BCUT2D eigenvalue weighted by Gasteiger charge is 2.16. The SMILES string of the molecule is Nc1nc(OCC2CCCCO2)c2cn[nH]c2n1. The van der Waals surface area contributed by atoms with Crippen molar-refractivity contribution in [2.75, 3.05) is 18.9 Å². The van der Waals surface area contributed by atoms with Gasteiger partial charge in [0.05, 0.1) is 12.3 Å². The number of hydrogen-bond donors (Lipinski definition) is 2. The van der Waals surface area contributed by atoms with Crippen molar-refractivity contribution in [3.63, 3.8) is 0 Å². The summed E-state index contributed by atoms with van der Waals surface area (Å²) in [7, 11) is 0. The molecule has 2 aromatic rings. The van der Waals surface area contributed by atoms with E-state index in [1.54, 1.807) is 6.20 Å². The number of nitrogens with zero attached hydrogens (tertiary/aromatic N) is 3. The Kier molecular flexibility index (Phi) is 2.97. The van der Waals surface area contributed by atoms with Crippen LogP contribution in [0.1, 0.15) is 19.3 Å². The first-order valence-electron chi connectivity index (χ1n) is 6.04. The number of fused-ring (bicyclic) bond motifs is 1. The first kappa shape index (κ1) is 11.2. The van der Waals surface area contributed by atoms with Crippen molar-refractivity contribution in [2.24, 2.45) is 0 Å². The largest absolute Gasteiger partial charge is 0.474 e. The van der Waals surface area contributed by atoms with Crippen LogP contribution in [-0.4, -0.2) is 39.5 Å². The zero-order chi connectivity index (χ0) is 12.4. The molecule has 0 spiro atoms. The minimum Gasteiger partial charge on any atom is -0.474 e. The smallest absolute Gasteiger partial charge is 0.229 e. The fourth-order valence-corrected chi connectivity index (χ4v) is 2.05. The topological polar surface area (TPSA) is 98.9 Å². The van der Waals surface area contributed by atoms with Crippen molar-refractivity contribution in [1.82, 2.24) is 20.2 Å². The maximum absolute atomic E-state index is 5.68. The number of H-pyrrole nitrogens is 1. The lowest BCUT2D eigenvalue weighted by Gasteiger charge is -2.22. The Morgan fingerprint density at radius 2 is 2.39 bits per heavy atom. The van der Waals surface area contributed by atoms with Crippen LogP contribution in [0.5, 0.6) is 5.88 Å². The van der Waals surface area contributed by atoms with Crippen molar-refractivity contribution in [2.45, 2.75) is 25.4 Å². The molecule has 0 amide bonds. The summed E-state index contributed by atoms with van der Waals surface area (Å²) >= 11 is 0. The van der Waals surface area contributed by atoms with Crippen molar-refractivity contribution >= 4 is 17.0 Å². The van der Waals surface area contributed by atoms with Crippen molar-refractivity contribution < 1.29 is 9.47 Å². The fourth-order valence-electron chi connectivity index (χ4n) is 2.05. The van der Waals surface area contributed by atoms with Gasteiger partial charge in [0, 0.05) is 6.61 Å². The predicted octanol–water partition coefficient (Wildman–Crippen LogP) is 0.883.